The maximum absolute atomic E-state index is 10.1. The SMILES string of the molecule is O=C(O)C(O)CCOCC1CC1. The van der Waals surface area contributed by atoms with Crippen LogP contribution >= 0.6 is 0 Å². The van der Waals surface area contributed by atoms with Gasteiger partial charge in [-0.05, 0) is 18.8 Å². The number of hydrogen-bond donors (Lipinski definition) is 2. The lowest BCUT2D eigenvalue weighted by Gasteiger charge is -2.05. The van der Waals surface area contributed by atoms with Crippen molar-refractivity contribution in [2.24, 2.45) is 5.92 Å². The zero-order valence-electron chi connectivity index (χ0n) is 6.90. The molecule has 0 aromatic rings. The Balaban J connectivity index is 1.89. The van der Waals surface area contributed by atoms with E-state index in [1.807, 2.05) is 0 Å². The van der Waals surface area contributed by atoms with Gasteiger partial charge in [0.2, 0.25) is 0 Å². The minimum Gasteiger partial charge on any atom is -0.479 e. The highest BCUT2D eigenvalue weighted by molar-refractivity contribution is 5.71. The molecule has 70 valence electrons. The summed E-state index contributed by atoms with van der Waals surface area (Å²) in [6.07, 6.45) is 1.36. The summed E-state index contributed by atoms with van der Waals surface area (Å²) in [5, 5.41) is 17.1. The van der Waals surface area contributed by atoms with Crippen molar-refractivity contribution in [3.05, 3.63) is 0 Å². The Kier molecular flexibility index (Phi) is 3.49. The van der Waals surface area contributed by atoms with Crippen LogP contribution in [0.3, 0.4) is 0 Å². The van der Waals surface area contributed by atoms with E-state index < -0.39 is 12.1 Å². The summed E-state index contributed by atoms with van der Waals surface area (Å²) in [6.45, 7) is 1.05. The van der Waals surface area contributed by atoms with E-state index in [0.29, 0.717) is 19.1 Å². The van der Waals surface area contributed by atoms with Gasteiger partial charge >= 0.3 is 5.97 Å². The third-order valence-electron chi connectivity index (χ3n) is 1.87. The zero-order valence-corrected chi connectivity index (χ0v) is 6.90. The van der Waals surface area contributed by atoms with Crippen molar-refractivity contribution >= 4 is 5.97 Å². The predicted octanol–water partition coefficient (Wildman–Crippen LogP) is 0.249. The molecule has 1 unspecified atom stereocenters. The molecule has 4 heteroatoms. The van der Waals surface area contributed by atoms with Crippen LogP contribution in [0.2, 0.25) is 0 Å². The Bertz CT molecular complexity index is 153. The molecule has 0 aromatic heterocycles. The molecule has 1 fully saturated rings. The molecule has 0 amide bonds. The first-order valence-corrected chi connectivity index (χ1v) is 4.18. The summed E-state index contributed by atoms with van der Waals surface area (Å²) in [6, 6.07) is 0. The maximum atomic E-state index is 10.1. The number of rotatable bonds is 6. The summed E-state index contributed by atoms with van der Waals surface area (Å²) in [5.74, 6) is -0.489. The van der Waals surface area contributed by atoms with Gasteiger partial charge in [0.1, 0.15) is 0 Å². The molecule has 1 aliphatic carbocycles. The summed E-state index contributed by atoms with van der Waals surface area (Å²) < 4.78 is 5.16. The minimum atomic E-state index is -1.27. The Hall–Kier alpha value is -0.610. The second-order valence-corrected chi connectivity index (χ2v) is 3.16. The molecule has 1 rings (SSSR count). The van der Waals surface area contributed by atoms with E-state index in [9.17, 15) is 4.79 Å². The van der Waals surface area contributed by atoms with Crippen molar-refractivity contribution in [2.75, 3.05) is 13.2 Å². The summed E-state index contributed by atoms with van der Waals surface area (Å²) >= 11 is 0. The van der Waals surface area contributed by atoms with E-state index in [1.165, 1.54) is 12.8 Å². The third-order valence-corrected chi connectivity index (χ3v) is 1.87. The van der Waals surface area contributed by atoms with Crippen LogP contribution in [0.1, 0.15) is 19.3 Å². The lowest BCUT2D eigenvalue weighted by Crippen LogP contribution is -2.21. The molecule has 0 heterocycles. The van der Waals surface area contributed by atoms with Crippen LogP contribution in [0.15, 0.2) is 0 Å². The molecular formula is C8H14O4. The van der Waals surface area contributed by atoms with Gasteiger partial charge in [-0.2, -0.15) is 0 Å². The number of hydrogen-bond acceptors (Lipinski definition) is 3. The number of aliphatic hydroxyl groups is 1. The molecule has 4 nitrogen and oxygen atoms in total. The highest BCUT2D eigenvalue weighted by Gasteiger charge is 2.21. The van der Waals surface area contributed by atoms with Crippen molar-refractivity contribution in [2.45, 2.75) is 25.4 Å². The molecule has 1 saturated carbocycles. The van der Waals surface area contributed by atoms with Crippen molar-refractivity contribution in [1.82, 2.24) is 0 Å². The van der Waals surface area contributed by atoms with Crippen molar-refractivity contribution < 1.29 is 19.7 Å². The Morgan fingerprint density at radius 1 is 1.58 bits per heavy atom. The van der Waals surface area contributed by atoms with Gasteiger partial charge in [-0.1, -0.05) is 0 Å². The third kappa shape index (κ3) is 3.69. The lowest BCUT2D eigenvalue weighted by atomic mass is 10.3. The summed E-state index contributed by atoms with van der Waals surface area (Å²) in [4.78, 5) is 10.1. The van der Waals surface area contributed by atoms with Crippen LogP contribution in [-0.2, 0) is 9.53 Å². The number of aliphatic carboxylic acids is 1. The van der Waals surface area contributed by atoms with Gasteiger partial charge < -0.3 is 14.9 Å². The van der Waals surface area contributed by atoms with E-state index in [-0.39, 0.29) is 6.42 Å². The molecule has 0 aromatic carbocycles. The van der Waals surface area contributed by atoms with Gasteiger partial charge in [0, 0.05) is 19.6 Å². The first-order valence-electron chi connectivity index (χ1n) is 4.18. The van der Waals surface area contributed by atoms with E-state index in [2.05, 4.69) is 0 Å². The second-order valence-electron chi connectivity index (χ2n) is 3.16. The van der Waals surface area contributed by atoms with Crippen molar-refractivity contribution in [3.8, 4) is 0 Å². The molecule has 12 heavy (non-hydrogen) atoms. The standard InChI is InChI=1S/C8H14O4/c9-7(8(10)11)3-4-12-5-6-1-2-6/h6-7,9H,1-5H2,(H,10,11). The average Bonchev–Trinajstić information content (AvgIpc) is 2.80. The number of carboxylic acid groups (broad SMARTS) is 1. The summed E-state index contributed by atoms with van der Waals surface area (Å²) in [7, 11) is 0. The molecular weight excluding hydrogens is 160 g/mol. The quantitative estimate of drug-likeness (QED) is 0.566. The minimum absolute atomic E-state index is 0.183. The summed E-state index contributed by atoms with van der Waals surface area (Å²) in [5.41, 5.74) is 0. The first-order chi connectivity index (χ1) is 5.70. The fraction of sp³-hybridized carbons (Fsp3) is 0.875. The Labute approximate surface area is 71.2 Å². The van der Waals surface area contributed by atoms with E-state index in [1.54, 1.807) is 0 Å². The fourth-order valence-corrected chi connectivity index (χ4v) is 0.853. The first kappa shape index (κ1) is 9.48. The average molecular weight is 174 g/mol. The van der Waals surface area contributed by atoms with Crippen LogP contribution < -0.4 is 0 Å². The molecule has 2 N–H and O–H groups in total. The largest absolute Gasteiger partial charge is 0.479 e. The van der Waals surface area contributed by atoms with Crippen molar-refractivity contribution in [1.29, 1.82) is 0 Å². The van der Waals surface area contributed by atoms with Gasteiger partial charge in [0.05, 0.1) is 0 Å². The van der Waals surface area contributed by atoms with Crippen LogP contribution in [0.5, 0.6) is 0 Å². The molecule has 0 aliphatic heterocycles. The zero-order chi connectivity index (χ0) is 8.97. The molecule has 1 aliphatic rings. The topological polar surface area (TPSA) is 66.8 Å². The van der Waals surface area contributed by atoms with Gasteiger partial charge in [-0.25, -0.2) is 4.79 Å². The smallest absolute Gasteiger partial charge is 0.332 e. The van der Waals surface area contributed by atoms with Crippen LogP contribution in [-0.4, -0.2) is 35.5 Å². The van der Waals surface area contributed by atoms with Gasteiger partial charge in [0.25, 0.3) is 0 Å². The van der Waals surface area contributed by atoms with E-state index >= 15 is 0 Å². The highest BCUT2D eigenvalue weighted by Crippen LogP contribution is 2.28. The Morgan fingerprint density at radius 2 is 2.25 bits per heavy atom. The normalized spacial score (nSPS) is 19.1. The van der Waals surface area contributed by atoms with Gasteiger partial charge in [0.15, 0.2) is 6.10 Å². The second kappa shape index (κ2) is 4.42. The lowest BCUT2D eigenvalue weighted by molar-refractivity contribution is -0.147. The van der Waals surface area contributed by atoms with Crippen LogP contribution in [0.25, 0.3) is 0 Å². The maximum Gasteiger partial charge on any atom is 0.332 e. The monoisotopic (exact) mass is 174 g/mol. The molecule has 0 radical (unpaired) electrons. The van der Waals surface area contributed by atoms with Crippen molar-refractivity contribution in [3.63, 3.8) is 0 Å². The van der Waals surface area contributed by atoms with Gasteiger partial charge in [-0.3, -0.25) is 0 Å². The fourth-order valence-electron chi connectivity index (χ4n) is 0.853. The predicted molar refractivity (Wildman–Crippen MR) is 41.8 cm³/mol. The number of aliphatic hydroxyl groups excluding tert-OH is 1. The van der Waals surface area contributed by atoms with Crippen LogP contribution in [0, 0.1) is 5.92 Å². The Morgan fingerprint density at radius 3 is 2.75 bits per heavy atom. The van der Waals surface area contributed by atoms with E-state index in [0.717, 1.165) is 0 Å². The molecule has 0 spiro atoms. The number of carbonyl (C=O) groups is 1. The van der Waals surface area contributed by atoms with Crippen LogP contribution in [0.4, 0.5) is 0 Å². The molecule has 1 atom stereocenters. The van der Waals surface area contributed by atoms with E-state index in [4.69, 9.17) is 14.9 Å². The van der Waals surface area contributed by atoms with Gasteiger partial charge in [-0.15, -0.1) is 0 Å². The number of ether oxygens (including phenoxy) is 1. The molecule has 0 bridgehead atoms. The highest BCUT2D eigenvalue weighted by atomic mass is 16.5. The molecule has 0 saturated heterocycles. The number of carboxylic acids is 1.